The van der Waals surface area contributed by atoms with E-state index in [2.05, 4.69) is 13.5 Å². The Labute approximate surface area is 44.2 Å². The predicted octanol–water partition coefficient (Wildman–Crippen LogP) is 0.910. The molecule has 2 N–H and O–H groups in total. The van der Waals surface area contributed by atoms with E-state index in [0.29, 0.717) is 5.92 Å². The van der Waals surface area contributed by atoms with Gasteiger partial charge in [-0.05, 0) is 12.3 Å². The second-order valence-corrected chi connectivity index (χ2v) is 2.42. The number of hydrogen-bond acceptors (Lipinski definition) is 1. The molecule has 0 unspecified atom stereocenters. The van der Waals surface area contributed by atoms with Crippen molar-refractivity contribution in [3.05, 3.63) is 12.7 Å². The fraction of sp³-hybridized carbons (Fsp3) is 0.667. The van der Waals surface area contributed by atoms with Crippen molar-refractivity contribution in [2.24, 2.45) is 11.7 Å². The van der Waals surface area contributed by atoms with Crippen molar-refractivity contribution in [2.45, 2.75) is 18.9 Å². The van der Waals surface area contributed by atoms with Gasteiger partial charge in [0, 0.05) is 5.54 Å². The molecule has 1 rings (SSSR count). The SMILES string of the molecule is C=C[C@@]1(N)C[C@@H]1C. The number of rotatable bonds is 1. The molecule has 0 amide bonds. The highest BCUT2D eigenvalue weighted by atomic mass is 14.8. The maximum Gasteiger partial charge on any atom is 0.0366 e. The van der Waals surface area contributed by atoms with E-state index in [1.54, 1.807) is 0 Å². The highest BCUT2D eigenvalue weighted by Gasteiger charge is 2.44. The quantitative estimate of drug-likeness (QED) is 0.483. The summed E-state index contributed by atoms with van der Waals surface area (Å²) in [6.07, 6.45) is 2.97. The molecule has 0 saturated heterocycles. The van der Waals surface area contributed by atoms with Crippen LogP contribution in [0.25, 0.3) is 0 Å². The minimum atomic E-state index is 0.0139. The van der Waals surface area contributed by atoms with Crippen LogP contribution in [0.2, 0.25) is 0 Å². The second-order valence-electron chi connectivity index (χ2n) is 2.42. The lowest BCUT2D eigenvalue weighted by atomic mass is 10.2. The van der Waals surface area contributed by atoms with Crippen LogP contribution in [-0.2, 0) is 0 Å². The van der Waals surface area contributed by atoms with E-state index in [-0.39, 0.29) is 5.54 Å². The Kier molecular flexibility index (Phi) is 0.762. The van der Waals surface area contributed by atoms with E-state index in [1.165, 1.54) is 0 Å². The van der Waals surface area contributed by atoms with E-state index in [9.17, 15) is 0 Å². The zero-order valence-electron chi connectivity index (χ0n) is 4.65. The molecule has 2 atom stereocenters. The first-order valence-electron chi connectivity index (χ1n) is 2.61. The molecular weight excluding hydrogens is 86.1 g/mol. The van der Waals surface area contributed by atoms with Gasteiger partial charge in [-0.1, -0.05) is 13.0 Å². The molecule has 1 fully saturated rings. The minimum absolute atomic E-state index is 0.0139. The lowest BCUT2D eigenvalue weighted by Crippen LogP contribution is -2.19. The van der Waals surface area contributed by atoms with Gasteiger partial charge in [0.1, 0.15) is 0 Å². The molecule has 0 aromatic carbocycles. The summed E-state index contributed by atoms with van der Waals surface area (Å²) in [7, 11) is 0. The molecule has 1 heteroatoms. The van der Waals surface area contributed by atoms with Crippen molar-refractivity contribution in [3.8, 4) is 0 Å². The number of nitrogens with two attached hydrogens (primary N) is 1. The van der Waals surface area contributed by atoms with Gasteiger partial charge in [0.05, 0.1) is 0 Å². The third-order valence-electron chi connectivity index (χ3n) is 1.80. The van der Waals surface area contributed by atoms with Crippen molar-refractivity contribution in [2.75, 3.05) is 0 Å². The summed E-state index contributed by atoms with van der Waals surface area (Å²) in [5.41, 5.74) is 5.69. The van der Waals surface area contributed by atoms with Crippen LogP contribution in [0.4, 0.5) is 0 Å². The molecule has 1 nitrogen and oxygen atoms in total. The van der Waals surface area contributed by atoms with Gasteiger partial charge in [-0.3, -0.25) is 0 Å². The molecule has 0 aromatic rings. The molecule has 0 aromatic heterocycles. The minimum Gasteiger partial charge on any atom is -0.322 e. The van der Waals surface area contributed by atoms with Crippen LogP contribution in [0.5, 0.6) is 0 Å². The van der Waals surface area contributed by atoms with E-state index >= 15 is 0 Å². The molecule has 40 valence electrons. The highest BCUT2D eigenvalue weighted by Crippen LogP contribution is 2.40. The third kappa shape index (κ3) is 0.570. The lowest BCUT2D eigenvalue weighted by Gasteiger charge is -1.96. The van der Waals surface area contributed by atoms with Gasteiger partial charge in [-0.2, -0.15) is 0 Å². The van der Waals surface area contributed by atoms with Gasteiger partial charge in [0.2, 0.25) is 0 Å². The third-order valence-corrected chi connectivity index (χ3v) is 1.80. The average molecular weight is 97.2 g/mol. The Morgan fingerprint density at radius 1 is 2.00 bits per heavy atom. The maximum absolute atomic E-state index is 5.67. The van der Waals surface area contributed by atoms with Gasteiger partial charge >= 0.3 is 0 Å². The number of hydrogen-bond donors (Lipinski definition) is 1. The molecule has 0 aliphatic heterocycles. The molecule has 0 radical (unpaired) electrons. The summed E-state index contributed by atoms with van der Waals surface area (Å²) in [5.74, 6) is 0.671. The Hall–Kier alpha value is -0.300. The summed E-state index contributed by atoms with van der Waals surface area (Å²) < 4.78 is 0. The zero-order valence-corrected chi connectivity index (χ0v) is 4.65. The van der Waals surface area contributed by atoms with Crippen molar-refractivity contribution in [1.82, 2.24) is 0 Å². The summed E-state index contributed by atoms with van der Waals surface area (Å²) in [4.78, 5) is 0. The van der Waals surface area contributed by atoms with E-state index in [4.69, 9.17) is 5.73 Å². The Bertz CT molecular complexity index is 98.4. The predicted molar refractivity (Wildman–Crippen MR) is 30.9 cm³/mol. The zero-order chi connectivity index (χ0) is 5.49. The molecular formula is C6H11N. The highest BCUT2D eigenvalue weighted by molar-refractivity contribution is 5.16. The molecule has 7 heavy (non-hydrogen) atoms. The molecule has 1 aliphatic rings. The standard InChI is InChI=1S/C6H11N/c1-3-6(7)4-5(6)2/h3,5H,1,4,7H2,2H3/t5-,6+/m0/s1. The van der Waals surface area contributed by atoms with Crippen molar-refractivity contribution < 1.29 is 0 Å². The molecule has 0 bridgehead atoms. The van der Waals surface area contributed by atoms with Crippen LogP contribution in [-0.4, -0.2) is 5.54 Å². The van der Waals surface area contributed by atoms with Crippen LogP contribution in [0.15, 0.2) is 12.7 Å². The van der Waals surface area contributed by atoms with Crippen LogP contribution in [0, 0.1) is 5.92 Å². The lowest BCUT2D eigenvalue weighted by molar-refractivity contribution is 0.760. The van der Waals surface area contributed by atoms with Gasteiger partial charge in [0.25, 0.3) is 0 Å². The van der Waals surface area contributed by atoms with Crippen molar-refractivity contribution >= 4 is 0 Å². The molecule has 1 aliphatic carbocycles. The molecule has 1 saturated carbocycles. The van der Waals surface area contributed by atoms with E-state index < -0.39 is 0 Å². The van der Waals surface area contributed by atoms with Crippen molar-refractivity contribution in [1.29, 1.82) is 0 Å². The second kappa shape index (κ2) is 1.10. The molecule has 0 heterocycles. The first-order chi connectivity index (χ1) is 3.19. The van der Waals surface area contributed by atoms with Crippen LogP contribution >= 0.6 is 0 Å². The fourth-order valence-electron chi connectivity index (χ4n) is 0.756. The van der Waals surface area contributed by atoms with Crippen molar-refractivity contribution in [3.63, 3.8) is 0 Å². The first kappa shape index (κ1) is 4.85. The van der Waals surface area contributed by atoms with Crippen LogP contribution in [0.1, 0.15) is 13.3 Å². The van der Waals surface area contributed by atoms with Crippen LogP contribution in [0.3, 0.4) is 0 Å². The Morgan fingerprint density at radius 3 is 2.43 bits per heavy atom. The Morgan fingerprint density at radius 2 is 2.43 bits per heavy atom. The topological polar surface area (TPSA) is 26.0 Å². The monoisotopic (exact) mass is 97.1 g/mol. The van der Waals surface area contributed by atoms with Gasteiger partial charge in [-0.15, -0.1) is 6.58 Å². The Balaban J connectivity index is 2.51. The smallest absolute Gasteiger partial charge is 0.0366 e. The summed E-state index contributed by atoms with van der Waals surface area (Å²) in [5, 5.41) is 0. The fourth-order valence-corrected chi connectivity index (χ4v) is 0.756. The summed E-state index contributed by atoms with van der Waals surface area (Å²) >= 11 is 0. The summed E-state index contributed by atoms with van der Waals surface area (Å²) in [6.45, 7) is 5.76. The van der Waals surface area contributed by atoms with Gasteiger partial charge < -0.3 is 5.73 Å². The average Bonchev–Trinajstić information content (AvgIpc) is 2.18. The summed E-state index contributed by atoms with van der Waals surface area (Å²) in [6, 6.07) is 0. The van der Waals surface area contributed by atoms with Gasteiger partial charge in [-0.25, -0.2) is 0 Å². The van der Waals surface area contributed by atoms with E-state index in [1.807, 2.05) is 6.08 Å². The normalized spacial score (nSPS) is 48.6. The largest absolute Gasteiger partial charge is 0.322 e. The maximum atomic E-state index is 5.67. The first-order valence-corrected chi connectivity index (χ1v) is 2.61. The van der Waals surface area contributed by atoms with Crippen LogP contribution < -0.4 is 5.73 Å². The van der Waals surface area contributed by atoms with E-state index in [0.717, 1.165) is 6.42 Å². The molecule has 0 spiro atoms. The van der Waals surface area contributed by atoms with Gasteiger partial charge in [0.15, 0.2) is 0 Å².